The first-order chi connectivity index (χ1) is 22.9. The molecule has 5 rings (SSSR count). The van der Waals surface area contributed by atoms with Gasteiger partial charge in [-0.1, -0.05) is 0 Å². The molecule has 290 valence electrons. The molecule has 6 unspecified atom stereocenters. The third kappa shape index (κ3) is 12.9. The predicted octanol–water partition coefficient (Wildman–Crippen LogP) is -0.847. The van der Waals surface area contributed by atoms with Crippen LogP contribution in [-0.2, 0) is 67.3 Å². The maximum Gasteiger partial charge on any atom is 0.376 e. The van der Waals surface area contributed by atoms with Crippen LogP contribution in [0.25, 0.3) is 0 Å². The van der Waals surface area contributed by atoms with E-state index in [0.717, 1.165) is 45.0 Å². The Morgan fingerprint density at radius 1 is 0.800 bits per heavy atom. The molecule has 0 amide bonds. The molecule has 3 N–H and O–H groups in total. The number of nitrogens with one attached hydrogen (secondary N) is 1. The number of nitrogens with zero attached hydrogens (tertiary/aromatic N) is 1. The van der Waals surface area contributed by atoms with Gasteiger partial charge >= 0.3 is 25.0 Å². The Labute approximate surface area is 295 Å². The van der Waals surface area contributed by atoms with E-state index in [1.807, 2.05) is 18.7 Å². The SMILES string of the molecule is CCOC(=O)C1(COS(C)(=O)=O)CC1COS(C)(=O)=O.CCOC(=O)C12CC1CN(B(C)O)C2.CCOC(=O)C12CNCC1C2.CS(=O)(=O)O. The van der Waals surface area contributed by atoms with E-state index in [0.29, 0.717) is 37.9 Å². The van der Waals surface area contributed by atoms with Crippen molar-refractivity contribution in [2.75, 3.05) is 78.0 Å². The molecule has 3 saturated carbocycles. The van der Waals surface area contributed by atoms with Crippen molar-refractivity contribution in [3.8, 4) is 0 Å². The smallest absolute Gasteiger partial charge is 0.376 e. The van der Waals surface area contributed by atoms with Gasteiger partial charge in [0.15, 0.2) is 0 Å². The Kier molecular flexibility index (Phi) is 15.3. The van der Waals surface area contributed by atoms with Gasteiger partial charge in [0.2, 0.25) is 0 Å². The highest BCUT2D eigenvalue weighted by molar-refractivity contribution is 7.86. The largest absolute Gasteiger partial charge is 0.466 e. The Morgan fingerprint density at radius 3 is 1.68 bits per heavy atom. The van der Waals surface area contributed by atoms with Crippen molar-refractivity contribution in [2.24, 2.45) is 34.0 Å². The van der Waals surface area contributed by atoms with Gasteiger partial charge in [-0.25, -0.2) is 0 Å². The lowest BCUT2D eigenvalue weighted by molar-refractivity contribution is -0.152. The average molecular weight is 779 g/mol. The molecule has 6 atom stereocenters. The van der Waals surface area contributed by atoms with Crippen molar-refractivity contribution in [3.05, 3.63) is 0 Å². The topological polar surface area (TPSA) is 256 Å². The maximum atomic E-state index is 11.9. The summed E-state index contributed by atoms with van der Waals surface area (Å²) in [4.78, 5) is 36.8. The molecule has 50 heavy (non-hydrogen) atoms. The summed E-state index contributed by atoms with van der Waals surface area (Å²) < 4.78 is 93.9. The van der Waals surface area contributed by atoms with Gasteiger partial charge in [0.1, 0.15) is 0 Å². The zero-order valence-electron chi connectivity index (χ0n) is 29.6. The fourth-order valence-corrected chi connectivity index (χ4v) is 6.94. The van der Waals surface area contributed by atoms with Crippen LogP contribution in [0.2, 0.25) is 6.82 Å². The lowest BCUT2D eigenvalue weighted by atomic mass is 9.85. The van der Waals surface area contributed by atoms with Gasteiger partial charge in [0.25, 0.3) is 30.4 Å². The van der Waals surface area contributed by atoms with Crippen LogP contribution in [-0.4, -0.2) is 143 Å². The Bertz CT molecular complexity index is 1530. The van der Waals surface area contributed by atoms with Crippen molar-refractivity contribution < 1.29 is 71.8 Å². The Balaban J connectivity index is 0.000000252. The van der Waals surface area contributed by atoms with Crippen molar-refractivity contribution in [1.29, 1.82) is 0 Å². The molecular formula is C28H51BN2O16S3. The number of carbonyl (C=O) groups is 3. The number of ether oxygens (including phenoxy) is 3. The number of piperidine rings is 2. The van der Waals surface area contributed by atoms with E-state index in [9.17, 15) is 44.7 Å². The van der Waals surface area contributed by atoms with E-state index < -0.39 is 54.7 Å². The van der Waals surface area contributed by atoms with E-state index in [-0.39, 0.29) is 49.0 Å². The first-order valence-electron chi connectivity index (χ1n) is 16.2. The third-order valence-electron chi connectivity index (χ3n) is 9.06. The van der Waals surface area contributed by atoms with Gasteiger partial charge in [-0.15, -0.1) is 0 Å². The van der Waals surface area contributed by atoms with Crippen LogP contribution < -0.4 is 5.32 Å². The van der Waals surface area contributed by atoms with Crippen LogP contribution in [0.5, 0.6) is 0 Å². The summed E-state index contributed by atoms with van der Waals surface area (Å²) >= 11 is 0. The van der Waals surface area contributed by atoms with Crippen LogP contribution in [0.15, 0.2) is 0 Å². The minimum atomic E-state index is -3.70. The van der Waals surface area contributed by atoms with Crippen LogP contribution >= 0.6 is 0 Å². The lowest BCUT2D eigenvalue weighted by Gasteiger charge is -2.20. The maximum absolute atomic E-state index is 11.9. The molecule has 18 nitrogen and oxygen atoms in total. The number of hydrogen-bond acceptors (Lipinski definition) is 17. The van der Waals surface area contributed by atoms with E-state index in [4.69, 9.17) is 18.8 Å². The van der Waals surface area contributed by atoms with Gasteiger partial charge in [0, 0.05) is 19.0 Å². The van der Waals surface area contributed by atoms with Crippen molar-refractivity contribution >= 4 is 55.3 Å². The minimum Gasteiger partial charge on any atom is -0.466 e. The van der Waals surface area contributed by atoms with Crippen LogP contribution in [0, 0.1) is 34.0 Å². The fraction of sp³-hybridized carbons (Fsp3) is 0.893. The molecule has 5 aliphatic rings. The highest BCUT2D eigenvalue weighted by atomic mass is 32.2. The molecule has 2 saturated heterocycles. The van der Waals surface area contributed by atoms with Crippen LogP contribution in [0.3, 0.4) is 0 Å². The van der Waals surface area contributed by atoms with Gasteiger partial charge < -0.3 is 29.4 Å². The molecule has 0 aromatic carbocycles. The summed E-state index contributed by atoms with van der Waals surface area (Å²) in [7, 11) is -11.4. The first-order valence-corrected chi connectivity index (χ1v) is 21.6. The second-order valence-corrected chi connectivity index (χ2v) is 18.0. The summed E-state index contributed by atoms with van der Waals surface area (Å²) in [6, 6.07) is 0. The molecule has 3 aliphatic carbocycles. The number of carbonyl (C=O) groups excluding carboxylic acids is 3. The molecule has 0 aromatic heterocycles. The van der Waals surface area contributed by atoms with Gasteiger partial charge in [-0.05, 0) is 71.8 Å². The highest BCUT2D eigenvalue weighted by Gasteiger charge is 2.66. The van der Waals surface area contributed by atoms with Crippen LogP contribution in [0.1, 0.15) is 40.0 Å². The minimum absolute atomic E-state index is 0.00926. The molecule has 0 spiro atoms. The second kappa shape index (κ2) is 17.3. The summed E-state index contributed by atoms with van der Waals surface area (Å²) in [6.07, 6.45) is 4.72. The number of hydrogen-bond donors (Lipinski definition) is 3. The standard InChI is InChI=1S/C10H18O8S2.C9H16BNO3.C8H13NO2.CH4O3S/c1-4-16-9(11)10(7-18-20(3,14)15)5-8(10)6-17-19(2,12)13;1-3-14-8(12)9-4-7(9)5-11(6-9)10(2)13;1-2-11-7(10)8-3-6(8)4-9-5-8;1-5(2,3)4/h8H,4-7H2,1-3H3;7,13H,3-6H2,1-2H3;6,9H,2-5H2,1H3;1H3,(H,2,3,4). The summed E-state index contributed by atoms with van der Waals surface area (Å²) in [6.45, 7) is 10.9. The Morgan fingerprint density at radius 2 is 1.28 bits per heavy atom. The van der Waals surface area contributed by atoms with E-state index in [2.05, 4.69) is 13.7 Å². The van der Waals surface area contributed by atoms with Gasteiger partial charge in [-0.2, -0.15) is 25.3 Å². The summed E-state index contributed by atoms with van der Waals surface area (Å²) in [5.74, 6) is -0.135. The van der Waals surface area contributed by atoms with E-state index >= 15 is 0 Å². The molecular weight excluding hydrogens is 727 g/mol. The molecule has 2 heterocycles. The number of rotatable bonds is 13. The van der Waals surface area contributed by atoms with Gasteiger partial charge in [0.05, 0.1) is 68.0 Å². The second-order valence-electron chi connectivity index (χ2n) is 13.2. The van der Waals surface area contributed by atoms with Gasteiger partial charge in [-0.3, -0.25) is 27.3 Å². The van der Waals surface area contributed by atoms with E-state index in [1.165, 1.54) is 0 Å². The quantitative estimate of drug-likeness (QED) is 0.0677. The molecule has 2 aliphatic heterocycles. The van der Waals surface area contributed by atoms with Crippen molar-refractivity contribution in [2.45, 2.75) is 46.9 Å². The monoisotopic (exact) mass is 778 g/mol. The van der Waals surface area contributed by atoms with E-state index in [1.54, 1.807) is 13.7 Å². The highest BCUT2D eigenvalue weighted by Crippen LogP contribution is 2.58. The molecule has 0 aromatic rings. The average Bonchev–Trinajstić information content (AvgIpc) is 3.93. The molecule has 0 bridgehead atoms. The normalized spacial score (nSPS) is 30.3. The molecule has 22 heteroatoms. The zero-order valence-corrected chi connectivity index (χ0v) is 32.0. The Hall–Kier alpha value is -1.92. The first kappa shape index (κ1) is 44.2. The molecule has 0 radical (unpaired) electrons. The fourth-order valence-electron chi connectivity index (χ4n) is 6.11. The number of esters is 3. The zero-order chi connectivity index (χ0) is 38.3. The van der Waals surface area contributed by atoms with Crippen LogP contribution in [0.4, 0.5) is 0 Å². The van der Waals surface area contributed by atoms with Crippen molar-refractivity contribution in [3.63, 3.8) is 0 Å². The summed E-state index contributed by atoms with van der Waals surface area (Å²) in [5, 5.41) is 12.6. The van der Waals surface area contributed by atoms with Crippen molar-refractivity contribution in [1.82, 2.24) is 10.1 Å². The summed E-state index contributed by atoms with van der Waals surface area (Å²) in [5.41, 5.74) is -1.52. The molecule has 5 fully saturated rings. The number of fused-ring (bicyclic) bond motifs is 2. The lowest BCUT2D eigenvalue weighted by Crippen LogP contribution is -2.39. The predicted molar refractivity (Wildman–Crippen MR) is 179 cm³/mol. The third-order valence-corrected chi connectivity index (χ3v) is 10.2.